The highest BCUT2D eigenvalue weighted by molar-refractivity contribution is 7.90. The number of nitrogens with one attached hydrogen (secondary N) is 2. The Balaban J connectivity index is 2.92. The first-order chi connectivity index (χ1) is 8.52. The Morgan fingerprint density at radius 3 is 2.61 bits per heavy atom. The summed E-state index contributed by atoms with van der Waals surface area (Å²) in [7, 11) is -3.56. The van der Waals surface area contributed by atoms with E-state index in [2.05, 4.69) is 9.44 Å². The fraction of sp³-hybridized carbons (Fsp3) is 0.455. The zero-order valence-corrected chi connectivity index (χ0v) is 11.3. The van der Waals surface area contributed by atoms with Gasteiger partial charge in [0, 0.05) is 12.1 Å². The average molecular weight is 274 g/mol. The summed E-state index contributed by atoms with van der Waals surface area (Å²) in [6, 6.07) is 4.75. The lowest BCUT2D eigenvalue weighted by molar-refractivity contribution is 0.267. The van der Waals surface area contributed by atoms with Crippen LogP contribution in [0.2, 0.25) is 0 Å². The molecule has 0 heterocycles. The van der Waals surface area contributed by atoms with Crippen LogP contribution in [-0.2, 0) is 16.8 Å². The van der Waals surface area contributed by atoms with E-state index in [0.29, 0.717) is 30.2 Å². The first-order valence-corrected chi connectivity index (χ1v) is 7.14. The maximum atomic E-state index is 11.5. The highest BCUT2D eigenvalue weighted by atomic mass is 32.2. The molecule has 3 N–H and O–H groups in total. The summed E-state index contributed by atoms with van der Waals surface area (Å²) in [6.07, 6.45) is 0. The van der Waals surface area contributed by atoms with E-state index in [1.807, 2.05) is 6.92 Å². The van der Waals surface area contributed by atoms with Crippen LogP contribution in [0.15, 0.2) is 18.2 Å². The zero-order chi connectivity index (χ0) is 13.6. The van der Waals surface area contributed by atoms with Crippen LogP contribution in [0.4, 0.5) is 5.69 Å². The molecule has 0 fully saturated rings. The van der Waals surface area contributed by atoms with Gasteiger partial charge >= 0.3 is 0 Å². The molecule has 0 saturated heterocycles. The van der Waals surface area contributed by atoms with Crippen LogP contribution in [-0.4, -0.2) is 26.7 Å². The molecule has 0 spiro atoms. The van der Waals surface area contributed by atoms with E-state index in [9.17, 15) is 13.5 Å². The molecule has 0 aromatic heterocycles. The van der Waals surface area contributed by atoms with Gasteiger partial charge in [0.05, 0.1) is 18.9 Å². The Morgan fingerprint density at radius 1 is 1.33 bits per heavy atom. The van der Waals surface area contributed by atoms with E-state index >= 15 is 0 Å². The standard InChI is InChI=1S/C11H18N2O4S/c1-3-12-18(15,16)13-10-5-6-11(17-4-2)9(7-10)8-14/h5-7,12-14H,3-4,8H2,1-2H3. The number of hydrogen-bond acceptors (Lipinski definition) is 4. The molecule has 6 nitrogen and oxygen atoms in total. The van der Waals surface area contributed by atoms with E-state index in [1.54, 1.807) is 25.1 Å². The summed E-state index contributed by atoms with van der Waals surface area (Å²) in [4.78, 5) is 0. The largest absolute Gasteiger partial charge is 0.494 e. The highest BCUT2D eigenvalue weighted by Gasteiger charge is 2.10. The molecule has 1 rings (SSSR count). The maximum Gasteiger partial charge on any atom is 0.299 e. The van der Waals surface area contributed by atoms with Crippen LogP contribution >= 0.6 is 0 Å². The van der Waals surface area contributed by atoms with Gasteiger partial charge in [-0.05, 0) is 25.1 Å². The van der Waals surface area contributed by atoms with Crippen molar-refractivity contribution in [2.75, 3.05) is 17.9 Å². The quantitative estimate of drug-likeness (QED) is 0.687. The van der Waals surface area contributed by atoms with Crippen LogP contribution in [0.1, 0.15) is 19.4 Å². The fourth-order valence-corrected chi connectivity index (χ4v) is 2.33. The minimum Gasteiger partial charge on any atom is -0.494 e. The third-order valence-corrected chi connectivity index (χ3v) is 3.29. The molecular formula is C11H18N2O4S. The van der Waals surface area contributed by atoms with Crippen LogP contribution < -0.4 is 14.2 Å². The summed E-state index contributed by atoms with van der Waals surface area (Å²) in [5, 5.41) is 9.20. The van der Waals surface area contributed by atoms with Gasteiger partial charge in [0.15, 0.2) is 0 Å². The lowest BCUT2D eigenvalue weighted by Crippen LogP contribution is -2.29. The van der Waals surface area contributed by atoms with E-state index in [4.69, 9.17) is 4.74 Å². The van der Waals surface area contributed by atoms with Crippen molar-refractivity contribution in [3.63, 3.8) is 0 Å². The molecule has 7 heteroatoms. The predicted molar refractivity (Wildman–Crippen MR) is 69.8 cm³/mol. The van der Waals surface area contributed by atoms with Crippen LogP contribution in [0.5, 0.6) is 5.75 Å². The highest BCUT2D eigenvalue weighted by Crippen LogP contribution is 2.23. The number of rotatable bonds is 7. The second-order valence-corrected chi connectivity index (χ2v) is 5.02. The monoisotopic (exact) mass is 274 g/mol. The van der Waals surface area contributed by atoms with Gasteiger partial charge in [-0.25, -0.2) is 0 Å². The van der Waals surface area contributed by atoms with Crippen molar-refractivity contribution in [1.82, 2.24) is 4.72 Å². The van der Waals surface area contributed by atoms with E-state index in [1.165, 1.54) is 0 Å². The van der Waals surface area contributed by atoms with Crippen molar-refractivity contribution in [1.29, 1.82) is 0 Å². The Bertz CT molecular complexity index is 488. The Hall–Kier alpha value is -1.31. The number of benzene rings is 1. The minimum atomic E-state index is -3.56. The van der Waals surface area contributed by atoms with Crippen LogP contribution in [0.25, 0.3) is 0 Å². The molecule has 0 aliphatic carbocycles. The van der Waals surface area contributed by atoms with Gasteiger partial charge in [-0.2, -0.15) is 13.1 Å². The Morgan fingerprint density at radius 2 is 2.06 bits per heavy atom. The van der Waals surface area contributed by atoms with Crippen LogP contribution in [0.3, 0.4) is 0 Å². The molecule has 1 aromatic rings. The minimum absolute atomic E-state index is 0.216. The summed E-state index contributed by atoms with van der Waals surface area (Å²) in [5.41, 5.74) is 0.914. The van der Waals surface area contributed by atoms with Gasteiger partial charge in [0.25, 0.3) is 10.2 Å². The van der Waals surface area contributed by atoms with Gasteiger partial charge < -0.3 is 9.84 Å². The summed E-state index contributed by atoms with van der Waals surface area (Å²) in [5.74, 6) is 0.548. The number of ether oxygens (including phenoxy) is 1. The van der Waals surface area contributed by atoms with Gasteiger partial charge in [0.2, 0.25) is 0 Å². The zero-order valence-electron chi connectivity index (χ0n) is 10.4. The van der Waals surface area contributed by atoms with E-state index < -0.39 is 10.2 Å². The molecule has 18 heavy (non-hydrogen) atoms. The smallest absolute Gasteiger partial charge is 0.299 e. The summed E-state index contributed by atoms with van der Waals surface area (Å²) < 4.78 is 33.0. The van der Waals surface area contributed by atoms with Crippen molar-refractivity contribution in [3.8, 4) is 5.75 Å². The third kappa shape index (κ3) is 4.17. The molecule has 0 radical (unpaired) electrons. The molecule has 102 valence electrons. The molecule has 0 bridgehead atoms. The van der Waals surface area contributed by atoms with Gasteiger partial charge in [0.1, 0.15) is 5.75 Å². The second kappa shape index (κ2) is 6.58. The molecule has 0 amide bonds. The molecule has 0 unspecified atom stereocenters. The SMILES string of the molecule is CCNS(=O)(=O)Nc1ccc(OCC)c(CO)c1. The topological polar surface area (TPSA) is 87.7 Å². The summed E-state index contributed by atoms with van der Waals surface area (Å²) in [6.45, 7) is 4.10. The van der Waals surface area contributed by atoms with E-state index in [0.717, 1.165) is 0 Å². The van der Waals surface area contributed by atoms with Crippen molar-refractivity contribution in [3.05, 3.63) is 23.8 Å². The number of hydrogen-bond donors (Lipinski definition) is 3. The lowest BCUT2D eigenvalue weighted by Gasteiger charge is -2.12. The molecule has 0 aliphatic rings. The van der Waals surface area contributed by atoms with Gasteiger partial charge in [-0.3, -0.25) is 4.72 Å². The predicted octanol–water partition coefficient (Wildman–Crippen LogP) is 0.844. The first kappa shape index (κ1) is 14.7. The Kier molecular flexibility index (Phi) is 5.39. The molecule has 1 aromatic carbocycles. The van der Waals surface area contributed by atoms with Crippen molar-refractivity contribution in [2.24, 2.45) is 0 Å². The fourth-order valence-electron chi connectivity index (χ4n) is 1.44. The Labute approximate surface area is 107 Å². The lowest BCUT2D eigenvalue weighted by atomic mass is 10.2. The molecule has 0 atom stereocenters. The normalized spacial score (nSPS) is 11.3. The average Bonchev–Trinajstić information content (AvgIpc) is 2.30. The van der Waals surface area contributed by atoms with Crippen molar-refractivity contribution in [2.45, 2.75) is 20.5 Å². The summed E-state index contributed by atoms with van der Waals surface area (Å²) >= 11 is 0. The maximum absolute atomic E-state index is 11.5. The van der Waals surface area contributed by atoms with Crippen molar-refractivity contribution >= 4 is 15.9 Å². The molecule has 0 aliphatic heterocycles. The van der Waals surface area contributed by atoms with Gasteiger partial charge in [-0.1, -0.05) is 6.92 Å². The first-order valence-electron chi connectivity index (χ1n) is 5.66. The van der Waals surface area contributed by atoms with E-state index in [-0.39, 0.29) is 6.61 Å². The number of anilines is 1. The molecular weight excluding hydrogens is 256 g/mol. The third-order valence-electron chi connectivity index (χ3n) is 2.12. The molecule has 0 saturated carbocycles. The number of aliphatic hydroxyl groups is 1. The van der Waals surface area contributed by atoms with Crippen LogP contribution in [0, 0.1) is 0 Å². The van der Waals surface area contributed by atoms with Crippen molar-refractivity contribution < 1.29 is 18.3 Å². The van der Waals surface area contributed by atoms with Gasteiger partial charge in [-0.15, -0.1) is 0 Å². The second-order valence-electron chi connectivity index (χ2n) is 3.52. The number of aliphatic hydroxyl groups excluding tert-OH is 1.